The number of aliphatic carboxylic acids is 1. The fourth-order valence-corrected chi connectivity index (χ4v) is 2.94. The minimum absolute atomic E-state index is 0.268. The van der Waals surface area contributed by atoms with Gasteiger partial charge in [-0.2, -0.15) is 0 Å². The molecule has 0 aliphatic carbocycles. The highest BCUT2D eigenvalue weighted by Crippen LogP contribution is 2.36. The summed E-state index contributed by atoms with van der Waals surface area (Å²) in [6.45, 7) is 3.56. The fraction of sp³-hybridized carbons (Fsp3) is 0.158. The van der Waals surface area contributed by atoms with Gasteiger partial charge in [-0.3, -0.25) is 4.79 Å². The van der Waals surface area contributed by atoms with Crippen LogP contribution >= 0.6 is 11.8 Å². The topological polar surface area (TPSA) is 63.3 Å². The molecule has 1 unspecified atom stereocenters. The van der Waals surface area contributed by atoms with Crippen molar-refractivity contribution in [3.8, 4) is 22.6 Å². The molecule has 0 aliphatic heterocycles. The molecule has 0 bridgehead atoms. The van der Waals surface area contributed by atoms with Gasteiger partial charge in [-0.25, -0.2) is 9.37 Å². The molecule has 4 nitrogen and oxygen atoms in total. The van der Waals surface area contributed by atoms with E-state index in [1.165, 1.54) is 12.1 Å². The summed E-state index contributed by atoms with van der Waals surface area (Å²) in [5, 5.41) is 8.66. The van der Waals surface area contributed by atoms with Crippen LogP contribution in [0, 0.1) is 12.7 Å². The van der Waals surface area contributed by atoms with E-state index in [4.69, 9.17) is 9.52 Å². The van der Waals surface area contributed by atoms with Gasteiger partial charge in [0, 0.05) is 11.1 Å². The molecule has 0 spiro atoms. The lowest BCUT2D eigenvalue weighted by molar-refractivity contribution is -0.136. The molecule has 2 aromatic carbocycles. The number of hydrogen-bond acceptors (Lipinski definition) is 4. The highest BCUT2D eigenvalue weighted by molar-refractivity contribution is 8.00. The maximum Gasteiger partial charge on any atom is 0.316 e. The molecule has 1 aromatic heterocycles. The summed E-state index contributed by atoms with van der Waals surface area (Å²) in [6.07, 6.45) is 0. The Labute approximate surface area is 148 Å². The monoisotopic (exact) mass is 357 g/mol. The summed E-state index contributed by atoms with van der Waals surface area (Å²) in [6, 6.07) is 13.7. The van der Waals surface area contributed by atoms with Gasteiger partial charge in [-0.1, -0.05) is 41.6 Å². The summed E-state index contributed by atoms with van der Waals surface area (Å²) in [4.78, 5) is 15.5. The number of carboxylic acid groups (broad SMARTS) is 1. The summed E-state index contributed by atoms with van der Waals surface area (Å²) < 4.78 is 19.1. The van der Waals surface area contributed by atoms with Crippen LogP contribution in [-0.4, -0.2) is 21.3 Å². The number of rotatable bonds is 5. The number of aryl methyl sites for hydroxylation is 1. The van der Waals surface area contributed by atoms with E-state index in [0.29, 0.717) is 17.0 Å². The van der Waals surface area contributed by atoms with E-state index in [1.54, 1.807) is 19.1 Å². The minimum Gasteiger partial charge on any atom is -0.480 e. The standard InChI is InChI=1S/C19H16FNO3S/c1-11-3-5-14(6-4-11)17-16(13-7-9-15(20)10-8-13)21-19(24-17)25-12(2)18(22)23/h3-10,12H,1-2H3,(H,22,23). The third-order valence-electron chi connectivity index (χ3n) is 3.66. The number of nitrogens with zero attached hydrogens (tertiary/aromatic N) is 1. The first-order chi connectivity index (χ1) is 11.9. The van der Waals surface area contributed by atoms with Crippen molar-refractivity contribution < 1.29 is 18.7 Å². The molecule has 25 heavy (non-hydrogen) atoms. The molecule has 6 heteroatoms. The maximum atomic E-state index is 13.2. The van der Waals surface area contributed by atoms with E-state index >= 15 is 0 Å². The molecule has 0 radical (unpaired) electrons. The number of carboxylic acids is 1. The molecule has 128 valence electrons. The van der Waals surface area contributed by atoms with Crippen molar-refractivity contribution in [2.45, 2.75) is 24.3 Å². The van der Waals surface area contributed by atoms with E-state index in [9.17, 15) is 9.18 Å². The zero-order valence-electron chi connectivity index (χ0n) is 13.7. The molecule has 1 heterocycles. The number of carbonyl (C=O) groups is 1. The van der Waals surface area contributed by atoms with E-state index in [-0.39, 0.29) is 11.0 Å². The second-order valence-electron chi connectivity index (χ2n) is 5.63. The Morgan fingerprint density at radius 3 is 2.32 bits per heavy atom. The Morgan fingerprint density at radius 1 is 1.12 bits per heavy atom. The first kappa shape index (κ1) is 17.2. The average molecular weight is 357 g/mol. The molecular formula is C19H16FNO3S. The van der Waals surface area contributed by atoms with Crippen molar-refractivity contribution in [3.63, 3.8) is 0 Å². The highest BCUT2D eigenvalue weighted by Gasteiger charge is 2.21. The van der Waals surface area contributed by atoms with Crippen molar-refractivity contribution in [2.75, 3.05) is 0 Å². The summed E-state index contributed by atoms with van der Waals surface area (Å²) in [5.74, 6) is -0.742. The first-order valence-electron chi connectivity index (χ1n) is 7.67. The average Bonchev–Trinajstić information content (AvgIpc) is 3.00. The Bertz CT molecular complexity index is 825. The van der Waals surface area contributed by atoms with Gasteiger partial charge in [0.05, 0.1) is 0 Å². The molecule has 0 aliphatic rings. The lowest BCUT2D eigenvalue weighted by Crippen LogP contribution is -2.10. The molecule has 1 atom stereocenters. The van der Waals surface area contributed by atoms with Gasteiger partial charge in [0.15, 0.2) is 5.76 Å². The summed E-state index contributed by atoms with van der Waals surface area (Å²) in [5.41, 5.74) is 3.20. The molecule has 3 rings (SSSR count). The van der Waals surface area contributed by atoms with Crippen LogP contribution in [0.4, 0.5) is 4.39 Å². The van der Waals surface area contributed by atoms with Gasteiger partial charge < -0.3 is 9.52 Å². The van der Waals surface area contributed by atoms with Gasteiger partial charge in [-0.15, -0.1) is 0 Å². The van der Waals surface area contributed by atoms with Crippen LogP contribution in [0.25, 0.3) is 22.6 Å². The van der Waals surface area contributed by atoms with E-state index in [0.717, 1.165) is 22.9 Å². The Kier molecular flexibility index (Phi) is 4.90. The van der Waals surface area contributed by atoms with E-state index < -0.39 is 11.2 Å². The van der Waals surface area contributed by atoms with E-state index in [1.807, 2.05) is 31.2 Å². The maximum absolute atomic E-state index is 13.2. The number of hydrogen-bond donors (Lipinski definition) is 1. The minimum atomic E-state index is -0.941. The predicted molar refractivity (Wildman–Crippen MR) is 95.0 cm³/mol. The second-order valence-corrected chi connectivity index (χ2v) is 6.92. The smallest absolute Gasteiger partial charge is 0.316 e. The van der Waals surface area contributed by atoms with Crippen molar-refractivity contribution >= 4 is 17.7 Å². The zero-order valence-corrected chi connectivity index (χ0v) is 14.5. The molecule has 1 N–H and O–H groups in total. The predicted octanol–water partition coefficient (Wildman–Crippen LogP) is 5.02. The van der Waals surface area contributed by atoms with Crippen LogP contribution in [0.15, 0.2) is 58.2 Å². The lowest BCUT2D eigenvalue weighted by atomic mass is 10.0. The molecular weight excluding hydrogens is 341 g/mol. The lowest BCUT2D eigenvalue weighted by Gasteiger charge is -2.02. The third kappa shape index (κ3) is 3.91. The Morgan fingerprint density at radius 2 is 1.72 bits per heavy atom. The van der Waals surface area contributed by atoms with Crippen LogP contribution < -0.4 is 0 Å². The first-order valence-corrected chi connectivity index (χ1v) is 8.55. The number of oxazole rings is 1. The van der Waals surface area contributed by atoms with E-state index in [2.05, 4.69) is 4.98 Å². The molecule has 3 aromatic rings. The molecule has 0 saturated carbocycles. The molecule has 0 fully saturated rings. The number of halogens is 1. The Hall–Kier alpha value is -2.60. The summed E-state index contributed by atoms with van der Waals surface area (Å²) in [7, 11) is 0. The largest absolute Gasteiger partial charge is 0.480 e. The van der Waals surface area contributed by atoms with Crippen LogP contribution in [0.3, 0.4) is 0 Å². The van der Waals surface area contributed by atoms with Crippen molar-refractivity contribution in [2.24, 2.45) is 0 Å². The highest BCUT2D eigenvalue weighted by atomic mass is 32.2. The van der Waals surface area contributed by atoms with Crippen LogP contribution in [-0.2, 0) is 4.79 Å². The third-order valence-corrected chi connectivity index (χ3v) is 4.60. The Balaban J connectivity index is 2.07. The van der Waals surface area contributed by atoms with Crippen molar-refractivity contribution in [3.05, 3.63) is 59.9 Å². The number of benzene rings is 2. The molecule has 0 amide bonds. The van der Waals surface area contributed by atoms with Crippen LogP contribution in [0.5, 0.6) is 0 Å². The normalized spacial score (nSPS) is 12.1. The SMILES string of the molecule is Cc1ccc(-c2oc(SC(C)C(=O)O)nc2-c2ccc(F)cc2)cc1. The van der Waals surface area contributed by atoms with Gasteiger partial charge >= 0.3 is 5.97 Å². The second kappa shape index (κ2) is 7.11. The quantitative estimate of drug-likeness (QED) is 0.650. The fourth-order valence-electron chi connectivity index (χ4n) is 2.26. The van der Waals surface area contributed by atoms with Gasteiger partial charge in [0.2, 0.25) is 0 Å². The van der Waals surface area contributed by atoms with Gasteiger partial charge in [0.1, 0.15) is 16.8 Å². The van der Waals surface area contributed by atoms with Crippen molar-refractivity contribution in [1.29, 1.82) is 0 Å². The van der Waals surface area contributed by atoms with Crippen LogP contribution in [0.1, 0.15) is 12.5 Å². The van der Waals surface area contributed by atoms with Gasteiger partial charge in [0.25, 0.3) is 5.22 Å². The number of aromatic nitrogens is 1. The molecule has 0 saturated heterocycles. The van der Waals surface area contributed by atoms with Crippen LogP contribution in [0.2, 0.25) is 0 Å². The van der Waals surface area contributed by atoms with Crippen molar-refractivity contribution in [1.82, 2.24) is 4.98 Å². The summed E-state index contributed by atoms with van der Waals surface area (Å²) >= 11 is 1.03. The van der Waals surface area contributed by atoms with Gasteiger partial charge in [-0.05, 0) is 38.1 Å². The number of thioether (sulfide) groups is 1. The zero-order chi connectivity index (χ0) is 18.0.